The SMILES string of the molecule is Cc1cc(-c2ccc(-c3ccc(OC(=O)c4ccc5c(c4)C(=O)OC5=O)cc3)cc2)cc(-c2ccccc2)c1OC(=O)c1ccc2c(c1)C(=O)OC2=O. The van der Waals surface area contributed by atoms with Crippen LogP contribution in [0.25, 0.3) is 33.4 Å². The molecule has 0 amide bonds. The lowest BCUT2D eigenvalue weighted by Crippen LogP contribution is -2.11. The Bertz CT molecular complexity index is 2550. The highest BCUT2D eigenvalue weighted by atomic mass is 16.6. The fraction of sp³-hybridized carbons (Fsp3) is 0.0233. The first-order chi connectivity index (χ1) is 25.6. The zero-order valence-electron chi connectivity index (χ0n) is 27.7. The molecule has 0 aromatic heterocycles. The van der Waals surface area contributed by atoms with E-state index in [-0.39, 0.29) is 33.4 Å². The van der Waals surface area contributed by atoms with Crippen LogP contribution in [0.15, 0.2) is 127 Å². The number of cyclic esters (lactones) is 4. The molecule has 8 rings (SSSR count). The standard InChI is InChI=1S/C43H24O10/c1-23-19-30(22-34(27-5-3-2-4-6-27)37(23)51-39(45)29-14-18-33-36(21-29)43(49)53-41(33)47)26-9-7-24(8-10-26)25-11-15-31(16-12-25)50-38(44)28-13-17-32-35(20-28)42(48)52-40(32)46/h2-22H,1H3. The number of carbonyl (C=O) groups excluding carboxylic acids is 6. The second kappa shape index (κ2) is 13.0. The average Bonchev–Trinajstić information content (AvgIpc) is 3.63. The van der Waals surface area contributed by atoms with Crippen LogP contribution in [0.5, 0.6) is 11.5 Å². The van der Waals surface area contributed by atoms with E-state index in [0.29, 0.717) is 22.6 Å². The Hall–Kier alpha value is -7.46. The molecule has 0 fully saturated rings. The van der Waals surface area contributed by atoms with Crippen molar-refractivity contribution in [1.82, 2.24) is 0 Å². The van der Waals surface area contributed by atoms with Crippen molar-refractivity contribution in [3.8, 4) is 44.9 Å². The van der Waals surface area contributed by atoms with Crippen LogP contribution in [0.3, 0.4) is 0 Å². The number of rotatable bonds is 7. The van der Waals surface area contributed by atoms with Crippen LogP contribution < -0.4 is 9.47 Å². The van der Waals surface area contributed by atoms with E-state index in [2.05, 4.69) is 9.47 Å². The minimum atomic E-state index is -0.807. The van der Waals surface area contributed by atoms with Crippen molar-refractivity contribution in [1.29, 1.82) is 0 Å². The van der Waals surface area contributed by atoms with Crippen molar-refractivity contribution >= 4 is 35.8 Å². The molecule has 2 aliphatic heterocycles. The highest BCUT2D eigenvalue weighted by Crippen LogP contribution is 2.39. The van der Waals surface area contributed by atoms with E-state index in [1.165, 1.54) is 36.4 Å². The minimum absolute atomic E-state index is 0.0180. The average molecular weight is 701 g/mol. The van der Waals surface area contributed by atoms with E-state index in [1.54, 1.807) is 12.1 Å². The molecule has 0 unspecified atom stereocenters. The summed E-state index contributed by atoms with van der Waals surface area (Å²) >= 11 is 0. The van der Waals surface area contributed by atoms with Crippen molar-refractivity contribution in [2.45, 2.75) is 6.92 Å². The third kappa shape index (κ3) is 6.14. The predicted octanol–water partition coefficient (Wildman–Crippen LogP) is 8.06. The summed E-state index contributed by atoms with van der Waals surface area (Å²) in [7, 11) is 0. The van der Waals surface area contributed by atoms with Gasteiger partial charge in [-0.3, -0.25) is 0 Å². The second-order valence-corrected chi connectivity index (χ2v) is 12.3. The minimum Gasteiger partial charge on any atom is -0.423 e. The summed E-state index contributed by atoms with van der Waals surface area (Å²) in [6.45, 7) is 1.85. The highest BCUT2D eigenvalue weighted by molar-refractivity contribution is 6.16. The molecular formula is C43H24O10. The molecule has 6 aromatic rings. The Balaban J connectivity index is 1.02. The molecule has 0 bridgehead atoms. The number of esters is 6. The van der Waals surface area contributed by atoms with Crippen molar-refractivity contribution in [2.24, 2.45) is 0 Å². The molecule has 6 aromatic carbocycles. The summed E-state index contributed by atoms with van der Waals surface area (Å²) < 4.78 is 20.7. The van der Waals surface area contributed by atoms with E-state index >= 15 is 0 Å². The lowest BCUT2D eigenvalue weighted by molar-refractivity contribution is 0.0425. The maximum Gasteiger partial charge on any atom is 0.346 e. The molecule has 2 heterocycles. The number of carbonyl (C=O) groups is 6. The molecule has 0 spiro atoms. The molecule has 53 heavy (non-hydrogen) atoms. The normalized spacial score (nSPS) is 12.8. The van der Waals surface area contributed by atoms with Gasteiger partial charge >= 0.3 is 35.8 Å². The van der Waals surface area contributed by atoms with Crippen LogP contribution in [0.2, 0.25) is 0 Å². The van der Waals surface area contributed by atoms with Crippen molar-refractivity contribution in [3.05, 3.63) is 166 Å². The summed E-state index contributed by atoms with van der Waals surface area (Å²) in [4.78, 5) is 73.6. The Morgan fingerprint density at radius 1 is 0.434 bits per heavy atom. The van der Waals surface area contributed by atoms with Crippen molar-refractivity contribution < 1.29 is 47.7 Å². The third-order valence-electron chi connectivity index (χ3n) is 8.93. The van der Waals surface area contributed by atoms with Crippen LogP contribution >= 0.6 is 0 Å². The van der Waals surface area contributed by atoms with Crippen molar-refractivity contribution in [2.75, 3.05) is 0 Å². The highest BCUT2D eigenvalue weighted by Gasteiger charge is 2.32. The lowest BCUT2D eigenvalue weighted by atomic mass is 9.94. The van der Waals surface area contributed by atoms with Gasteiger partial charge in [-0.2, -0.15) is 0 Å². The molecule has 10 heteroatoms. The number of benzene rings is 6. The van der Waals surface area contributed by atoms with Gasteiger partial charge in [-0.05, 0) is 101 Å². The first-order valence-corrected chi connectivity index (χ1v) is 16.3. The van der Waals surface area contributed by atoms with Gasteiger partial charge in [-0.15, -0.1) is 0 Å². The Labute approximate surface area is 301 Å². The van der Waals surface area contributed by atoms with Gasteiger partial charge in [0, 0.05) is 5.56 Å². The number of fused-ring (bicyclic) bond motifs is 2. The summed E-state index contributed by atoms with van der Waals surface area (Å²) in [5.74, 6) is -3.83. The second-order valence-electron chi connectivity index (χ2n) is 12.3. The monoisotopic (exact) mass is 700 g/mol. The molecule has 0 aliphatic carbocycles. The van der Waals surface area contributed by atoms with Crippen LogP contribution in [0.1, 0.15) is 67.7 Å². The van der Waals surface area contributed by atoms with Gasteiger partial charge in [-0.1, -0.05) is 66.7 Å². The van der Waals surface area contributed by atoms with E-state index in [4.69, 9.17) is 9.47 Å². The first kappa shape index (κ1) is 32.7. The molecule has 0 N–H and O–H groups in total. The number of ether oxygens (including phenoxy) is 4. The van der Waals surface area contributed by atoms with Gasteiger partial charge in [-0.25, -0.2) is 28.8 Å². The predicted molar refractivity (Wildman–Crippen MR) is 190 cm³/mol. The summed E-state index contributed by atoms with van der Waals surface area (Å²) in [6.07, 6.45) is 0. The van der Waals surface area contributed by atoms with Crippen LogP contribution in [-0.4, -0.2) is 35.8 Å². The van der Waals surface area contributed by atoms with Gasteiger partial charge in [0.15, 0.2) is 0 Å². The van der Waals surface area contributed by atoms with E-state index in [9.17, 15) is 28.8 Å². The number of hydrogen-bond acceptors (Lipinski definition) is 10. The molecule has 256 valence electrons. The maximum atomic E-state index is 13.4. The van der Waals surface area contributed by atoms with Crippen LogP contribution in [0, 0.1) is 6.92 Å². The molecule has 0 atom stereocenters. The van der Waals surface area contributed by atoms with E-state index in [1.807, 2.05) is 85.8 Å². The van der Waals surface area contributed by atoms with E-state index in [0.717, 1.165) is 27.8 Å². The zero-order valence-corrected chi connectivity index (χ0v) is 27.7. The van der Waals surface area contributed by atoms with Crippen LogP contribution in [-0.2, 0) is 9.47 Å². The van der Waals surface area contributed by atoms with Gasteiger partial charge in [0.1, 0.15) is 11.5 Å². The Morgan fingerprint density at radius 2 is 0.906 bits per heavy atom. The molecule has 2 aliphatic rings. The summed E-state index contributed by atoms with van der Waals surface area (Å²) in [6, 6.07) is 36.4. The molecule has 10 nitrogen and oxygen atoms in total. The fourth-order valence-electron chi connectivity index (χ4n) is 6.22. The van der Waals surface area contributed by atoms with Gasteiger partial charge in [0.05, 0.1) is 33.4 Å². The lowest BCUT2D eigenvalue weighted by Gasteiger charge is -2.16. The van der Waals surface area contributed by atoms with Gasteiger partial charge < -0.3 is 18.9 Å². The summed E-state index contributed by atoms with van der Waals surface area (Å²) in [5, 5.41) is 0. The van der Waals surface area contributed by atoms with Crippen LogP contribution in [0.4, 0.5) is 0 Å². The topological polar surface area (TPSA) is 139 Å². The molecule has 0 saturated carbocycles. The summed E-state index contributed by atoms with van der Waals surface area (Å²) in [5.41, 5.74) is 6.28. The number of aryl methyl sites for hydroxylation is 1. The third-order valence-corrected chi connectivity index (χ3v) is 8.93. The Morgan fingerprint density at radius 3 is 1.45 bits per heavy atom. The first-order valence-electron chi connectivity index (χ1n) is 16.3. The Kier molecular flexibility index (Phi) is 8.04. The molecule has 0 saturated heterocycles. The zero-order chi connectivity index (χ0) is 36.8. The van der Waals surface area contributed by atoms with E-state index < -0.39 is 35.8 Å². The van der Waals surface area contributed by atoms with Gasteiger partial charge in [0.2, 0.25) is 0 Å². The largest absolute Gasteiger partial charge is 0.423 e. The molecule has 0 radical (unpaired) electrons. The fourth-order valence-corrected chi connectivity index (χ4v) is 6.22. The van der Waals surface area contributed by atoms with Crippen molar-refractivity contribution in [3.63, 3.8) is 0 Å². The quantitative estimate of drug-likeness (QED) is 0.0913. The smallest absolute Gasteiger partial charge is 0.346 e. The molecular weight excluding hydrogens is 676 g/mol. The number of hydrogen-bond donors (Lipinski definition) is 0. The van der Waals surface area contributed by atoms with Gasteiger partial charge in [0.25, 0.3) is 0 Å². The maximum absolute atomic E-state index is 13.4.